The highest BCUT2D eigenvalue weighted by molar-refractivity contribution is 6.34. The van der Waals surface area contributed by atoms with Crippen LogP contribution in [-0.2, 0) is 6.42 Å². The third-order valence-corrected chi connectivity index (χ3v) is 2.88. The maximum absolute atomic E-state index is 5.94. The van der Waals surface area contributed by atoms with Crippen LogP contribution in [-0.4, -0.2) is 11.0 Å². The summed E-state index contributed by atoms with van der Waals surface area (Å²) in [6.07, 6.45) is 2.36. The molecule has 0 aliphatic heterocycles. The van der Waals surface area contributed by atoms with Gasteiger partial charge < -0.3 is 10.5 Å². The van der Waals surface area contributed by atoms with Gasteiger partial charge in [0, 0.05) is 27.8 Å². The molecule has 2 aromatic rings. The van der Waals surface area contributed by atoms with Gasteiger partial charge in [-0.1, -0.05) is 29.3 Å². The number of halogens is 2. The van der Waals surface area contributed by atoms with Gasteiger partial charge >= 0.3 is 0 Å². The van der Waals surface area contributed by atoms with E-state index in [4.69, 9.17) is 33.7 Å². The number of hydrogen-bond donors (Lipinski definition) is 1. The van der Waals surface area contributed by atoms with Gasteiger partial charge in [0.15, 0.2) is 0 Å². The Balaban J connectivity index is 2.27. The van der Waals surface area contributed by atoms with Gasteiger partial charge in [0.2, 0.25) is 5.88 Å². The predicted molar refractivity (Wildman–Crippen MR) is 78.1 cm³/mol. The molecule has 2 rings (SSSR count). The van der Waals surface area contributed by atoms with E-state index in [1.165, 1.54) is 0 Å². The van der Waals surface area contributed by atoms with Gasteiger partial charge in [-0.2, -0.15) is 0 Å². The van der Waals surface area contributed by atoms with Crippen molar-refractivity contribution < 1.29 is 4.74 Å². The van der Waals surface area contributed by atoms with Gasteiger partial charge in [0.25, 0.3) is 0 Å². The minimum atomic E-state index is 0.0366. The first kappa shape index (κ1) is 14.1. The largest absolute Gasteiger partial charge is 0.439 e. The second-order valence-electron chi connectivity index (χ2n) is 4.36. The predicted octanol–water partition coefficient (Wildman–Crippen LogP) is 4.07. The van der Waals surface area contributed by atoms with E-state index < -0.39 is 0 Å². The number of nitrogens with zero attached hydrogens (tertiary/aromatic N) is 1. The maximum atomic E-state index is 5.94. The van der Waals surface area contributed by atoms with Crippen LogP contribution in [0.1, 0.15) is 12.5 Å². The molecule has 0 aliphatic carbocycles. The van der Waals surface area contributed by atoms with E-state index in [0.717, 1.165) is 5.56 Å². The van der Waals surface area contributed by atoms with E-state index in [1.807, 2.05) is 19.1 Å². The fourth-order valence-corrected chi connectivity index (χ4v) is 2.22. The molecule has 1 unspecified atom stereocenters. The standard InChI is InChI=1S/C14H14Cl2N2O/c1-9(17)5-10-3-2-4-18-14(10)19-13-7-11(15)6-12(16)8-13/h2-4,6-9H,5,17H2,1H3. The number of aromatic nitrogens is 1. The van der Waals surface area contributed by atoms with Crippen molar-refractivity contribution in [3.8, 4) is 11.6 Å². The molecule has 5 heteroatoms. The lowest BCUT2D eigenvalue weighted by Crippen LogP contribution is -2.18. The molecule has 0 fully saturated rings. The average molecular weight is 297 g/mol. The molecule has 0 spiro atoms. The van der Waals surface area contributed by atoms with Gasteiger partial charge in [-0.3, -0.25) is 0 Å². The summed E-state index contributed by atoms with van der Waals surface area (Å²) >= 11 is 11.9. The van der Waals surface area contributed by atoms with E-state index in [-0.39, 0.29) is 6.04 Å². The maximum Gasteiger partial charge on any atom is 0.222 e. The Hall–Kier alpha value is -1.29. The highest BCUT2D eigenvalue weighted by Gasteiger charge is 2.09. The molecule has 0 radical (unpaired) electrons. The topological polar surface area (TPSA) is 48.1 Å². The number of nitrogens with two attached hydrogens (primary N) is 1. The van der Waals surface area contributed by atoms with Crippen LogP contribution in [0.15, 0.2) is 36.5 Å². The van der Waals surface area contributed by atoms with Crippen LogP contribution >= 0.6 is 23.2 Å². The molecular weight excluding hydrogens is 283 g/mol. The highest BCUT2D eigenvalue weighted by Crippen LogP contribution is 2.29. The fraction of sp³-hybridized carbons (Fsp3) is 0.214. The van der Waals surface area contributed by atoms with E-state index >= 15 is 0 Å². The van der Waals surface area contributed by atoms with Crippen molar-refractivity contribution in [3.05, 3.63) is 52.1 Å². The van der Waals surface area contributed by atoms with Crippen LogP contribution < -0.4 is 10.5 Å². The average Bonchev–Trinajstić information content (AvgIpc) is 2.29. The van der Waals surface area contributed by atoms with E-state index in [0.29, 0.717) is 28.1 Å². The van der Waals surface area contributed by atoms with E-state index in [9.17, 15) is 0 Å². The van der Waals surface area contributed by atoms with Crippen molar-refractivity contribution in [2.75, 3.05) is 0 Å². The molecule has 0 amide bonds. The van der Waals surface area contributed by atoms with Crippen LogP contribution in [0.2, 0.25) is 10.0 Å². The molecule has 1 atom stereocenters. The Kier molecular flexibility index (Phi) is 4.64. The van der Waals surface area contributed by atoms with E-state index in [2.05, 4.69) is 4.98 Å². The van der Waals surface area contributed by atoms with Gasteiger partial charge in [-0.25, -0.2) is 4.98 Å². The minimum absolute atomic E-state index is 0.0366. The van der Waals surface area contributed by atoms with Crippen LogP contribution in [0.5, 0.6) is 11.6 Å². The summed E-state index contributed by atoms with van der Waals surface area (Å²) in [5.74, 6) is 1.08. The number of rotatable bonds is 4. The smallest absolute Gasteiger partial charge is 0.222 e. The van der Waals surface area contributed by atoms with Gasteiger partial charge in [0.1, 0.15) is 5.75 Å². The Morgan fingerprint density at radius 2 is 1.95 bits per heavy atom. The first-order chi connectivity index (χ1) is 9.04. The van der Waals surface area contributed by atoms with Crippen molar-refractivity contribution in [2.45, 2.75) is 19.4 Å². The molecule has 0 aliphatic rings. The van der Waals surface area contributed by atoms with Gasteiger partial charge in [-0.15, -0.1) is 0 Å². The van der Waals surface area contributed by atoms with Crippen LogP contribution in [0.3, 0.4) is 0 Å². The SMILES string of the molecule is CC(N)Cc1cccnc1Oc1cc(Cl)cc(Cl)c1. The first-order valence-electron chi connectivity index (χ1n) is 5.88. The molecule has 19 heavy (non-hydrogen) atoms. The van der Waals surface area contributed by atoms with Gasteiger partial charge in [0.05, 0.1) is 0 Å². The zero-order valence-electron chi connectivity index (χ0n) is 10.4. The van der Waals surface area contributed by atoms with Crippen LogP contribution in [0.25, 0.3) is 0 Å². The molecule has 1 heterocycles. The Morgan fingerprint density at radius 3 is 2.58 bits per heavy atom. The molecule has 3 nitrogen and oxygen atoms in total. The fourth-order valence-electron chi connectivity index (χ4n) is 1.72. The number of benzene rings is 1. The number of ether oxygens (including phenoxy) is 1. The Morgan fingerprint density at radius 1 is 1.26 bits per heavy atom. The third kappa shape index (κ3) is 4.10. The lowest BCUT2D eigenvalue weighted by Gasteiger charge is -2.11. The van der Waals surface area contributed by atoms with E-state index in [1.54, 1.807) is 24.4 Å². The molecule has 1 aromatic carbocycles. The third-order valence-electron chi connectivity index (χ3n) is 2.44. The lowest BCUT2D eigenvalue weighted by molar-refractivity contribution is 0.454. The van der Waals surface area contributed by atoms with Crippen molar-refractivity contribution in [3.63, 3.8) is 0 Å². The number of pyridine rings is 1. The Bertz CT molecular complexity index is 553. The van der Waals surface area contributed by atoms with Crippen molar-refractivity contribution in [2.24, 2.45) is 5.73 Å². The van der Waals surface area contributed by atoms with Crippen molar-refractivity contribution in [1.82, 2.24) is 4.98 Å². The zero-order chi connectivity index (χ0) is 13.8. The zero-order valence-corrected chi connectivity index (χ0v) is 11.9. The molecule has 1 aromatic heterocycles. The first-order valence-corrected chi connectivity index (χ1v) is 6.63. The summed E-state index contributed by atoms with van der Waals surface area (Å²) in [6.45, 7) is 1.94. The molecule has 0 saturated heterocycles. The summed E-state index contributed by atoms with van der Waals surface area (Å²) in [5.41, 5.74) is 6.76. The second kappa shape index (κ2) is 6.24. The lowest BCUT2D eigenvalue weighted by atomic mass is 10.1. The quantitative estimate of drug-likeness (QED) is 0.925. The van der Waals surface area contributed by atoms with Crippen LogP contribution in [0, 0.1) is 0 Å². The normalized spacial score (nSPS) is 12.2. The van der Waals surface area contributed by atoms with Crippen molar-refractivity contribution in [1.29, 1.82) is 0 Å². The molecule has 0 saturated carbocycles. The molecular formula is C14H14Cl2N2O. The number of hydrogen-bond acceptors (Lipinski definition) is 3. The summed E-state index contributed by atoms with van der Waals surface area (Å²) in [6, 6.07) is 8.87. The molecule has 2 N–H and O–H groups in total. The Labute approximate surface area is 122 Å². The van der Waals surface area contributed by atoms with Crippen molar-refractivity contribution >= 4 is 23.2 Å². The summed E-state index contributed by atoms with van der Waals surface area (Å²) < 4.78 is 5.74. The second-order valence-corrected chi connectivity index (χ2v) is 5.23. The summed E-state index contributed by atoms with van der Waals surface area (Å²) in [4.78, 5) is 4.22. The van der Waals surface area contributed by atoms with Crippen LogP contribution in [0.4, 0.5) is 0 Å². The molecule has 100 valence electrons. The minimum Gasteiger partial charge on any atom is -0.439 e. The molecule has 0 bridgehead atoms. The summed E-state index contributed by atoms with van der Waals surface area (Å²) in [7, 11) is 0. The monoisotopic (exact) mass is 296 g/mol. The van der Waals surface area contributed by atoms with Gasteiger partial charge in [-0.05, 0) is 37.6 Å². The summed E-state index contributed by atoms with van der Waals surface area (Å²) in [5, 5.41) is 1.04. The highest BCUT2D eigenvalue weighted by atomic mass is 35.5.